The van der Waals surface area contributed by atoms with Crippen molar-refractivity contribution in [3.05, 3.63) is 48.0 Å². The highest BCUT2D eigenvalue weighted by Crippen LogP contribution is 2.27. The zero-order chi connectivity index (χ0) is 18.6. The van der Waals surface area contributed by atoms with Crippen LogP contribution in [-0.4, -0.2) is 47.7 Å². The Morgan fingerprint density at radius 3 is 2.77 bits per heavy atom. The normalized spacial score (nSPS) is 18.8. The molecule has 26 heavy (non-hydrogen) atoms. The highest BCUT2D eigenvalue weighted by Gasteiger charge is 2.31. The minimum atomic E-state index is -3.33. The van der Waals surface area contributed by atoms with Gasteiger partial charge in [-0.25, -0.2) is 17.7 Å². The molecule has 142 valence electrons. The molecule has 1 aliphatic rings. The molecule has 1 fully saturated rings. The summed E-state index contributed by atoms with van der Waals surface area (Å²) in [5.74, 6) is 1.85. The topological polar surface area (TPSA) is 64.4 Å². The predicted molar refractivity (Wildman–Crippen MR) is 102 cm³/mol. The van der Waals surface area contributed by atoms with E-state index in [0.717, 1.165) is 30.8 Å². The number of benzene rings is 1. The lowest BCUT2D eigenvalue weighted by Gasteiger charge is -2.31. The van der Waals surface area contributed by atoms with Gasteiger partial charge >= 0.3 is 0 Å². The summed E-state index contributed by atoms with van der Waals surface area (Å²) in [6.07, 6.45) is 5.59. The van der Waals surface area contributed by atoms with Crippen molar-refractivity contribution in [2.45, 2.75) is 39.2 Å². The standard InChI is InChI=1S/C19H27N3O3S/c1-3-21-12-10-20-19(21)17-5-4-11-22(15-17)26(23,24)14-13-25-18-8-6-16(2)7-9-18/h6-10,12,17H,3-5,11,13-15H2,1-2H3. The van der Waals surface area contributed by atoms with Crippen LogP contribution in [0.25, 0.3) is 0 Å². The second kappa shape index (κ2) is 8.22. The molecule has 1 saturated heterocycles. The first-order chi connectivity index (χ1) is 12.5. The molecule has 1 unspecified atom stereocenters. The summed E-state index contributed by atoms with van der Waals surface area (Å²) in [5.41, 5.74) is 1.15. The van der Waals surface area contributed by atoms with Gasteiger partial charge in [-0.15, -0.1) is 0 Å². The molecule has 0 aliphatic carbocycles. The van der Waals surface area contributed by atoms with Gasteiger partial charge in [0.15, 0.2) is 0 Å². The number of nitrogens with zero attached hydrogens (tertiary/aromatic N) is 3. The van der Waals surface area contributed by atoms with Crippen molar-refractivity contribution in [2.75, 3.05) is 25.4 Å². The van der Waals surface area contributed by atoms with E-state index in [0.29, 0.717) is 18.8 Å². The SMILES string of the molecule is CCn1ccnc1C1CCCN(S(=O)(=O)CCOc2ccc(C)cc2)C1. The summed E-state index contributed by atoms with van der Waals surface area (Å²) in [5, 5.41) is 0. The van der Waals surface area contributed by atoms with Gasteiger partial charge in [-0.2, -0.15) is 0 Å². The quantitative estimate of drug-likeness (QED) is 0.744. The van der Waals surface area contributed by atoms with Gasteiger partial charge in [0.05, 0.1) is 5.75 Å². The van der Waals surface area contributed by atoms with E-state index in [2.05, 4.69) is 16.5 Å². The summed E-state index contributed by atoms with van der Waals surface area (Å²) >= 11 is 0. The van der Waals surface area contributed by atoms with Gasteiger partial charge in [0, 0.05) is 37.9 Å². The van der Waals surface area contributed by atoms with E-state index >= 15 is 0 Å². The van der Waals surface area contributed by atoms with Crippen LogP contribution in [0, 0.1) is 6.92 Å². The summed E-state index contributed by atoms with van der Waals surface area (Å²) < 4.78 is 34.7. The van der Waals surface area contributed by atoms with Gasteiger partial charge < -0.3 is 9.30 Å². The molecule has 0 radical (unpaired) electrons. The van der Waals surface area contributed by atoms with Crippen LogP contribution in [0.1, 0.15) is 37.1 Å². The Bertz CT molecular complexity index is 815. The van der Waals surface area contributed by atoms with Gasteiger partial charge in [-0.05, 0) is 38.8 Å². The number of sulfonamides is 1. The maximum absolute atomic E-state index is 12.7. The largest absolute Gasteiger partial charge is 0.492 e. The molecule has 1 atom stereocenters. The highest BCUT2D eigenvalue weighted by molar-refractivity contribution is 7.89. The van der Waals surface area contributed by atoms with Crippen molar-refractivity contribution in [3.63, 3.8) is 0 Å². The van der Waals surface area contributed by atoms with Crippen molar-refractivity contribution >= 4 is 10.0 Å². The van der Waals surface area contributed by atoms with Crippen molar-refractivity contribution in [1.82, 2.24) is 13.9 Å². The van der Waals surface area contributed by atoms with Crippen LogP contribution in [0.15, 0.2) is 36.7 Å². The van der Waals surface area contributed by atoms with Crippen LogP contribution in [-0.2, 0) is 16.6 Å². The Hall–Kier alpha value is -1.86. The molecule has 0 spiro atoms. The third kappa shape index (κ3) is 4.45. The number of aromatic nitrogens is 2. The van der Waals surface area contributed by atoms with Gasteiger partial charge in [0.1, 0.15) is 18.2 Å². The smallest absolute Gasteiger partial charge is 0.217 e. The lowest BCUT2D eigenvalue weighted by Crippen LogP contribution is -2.41. The Morgan fingerprint density at radius 2 is 2.04 bits per heavy atom. The lowest BCUT2D eigenvalue weighted by molar-refractivity contribution is 0.297. The van der Waals surface area contributed by atoms with Gasteiger partial charge in [-0.1, -0.05) is 17.7 Å². The summed E-state index contributed by atoms with van der Waals surface area (Å²) in [4.78, 5) is 4.45. The number of hydrogen-bond donors (Lipinski definition) is 0. The molecule has 0 amide bonds. The second-order valence-electron chi connectivity index (χ2n) is 6.75. The third-order valence-electron chi connectivity index (χ3n) is 4.86. The molecule has 6 nitrogen and oxygen atoms in total. The average Bonchev–Trinajstić information content (AvgIpc) is 3.12. The van der Waals surface area contributed by atoms with Crippen LogP contribution in [0.4, 0.5) is 0 Å². The fourth-order valence-electron chi connectivity index (χ4n) is 3.38. The number of imidazole rings is 1. The van der Waals surface area contributed by atoms with Crippen molar-refractivity contribution in [1.29, 1.82) is 0 Å². The number of hydrogen-bond acceptors (Lipinski definition) is 4. The van der Waals surface area contributed by atoms with E-state index in [1.165, 1.54) is 0 Å². The first-order valence-corrected chi connectivity index (χ1v) is 10.8. The molecule has 1 aromatic heterocycles. The Labute approximate surface area is 155 Å². The number of ether oxygens (including phenoxy) is 1. The molecule has 1 aromatic carbocycles. The van der Waals surface area contributed by atoms with Gasteiger partial charge in [0.25, 0.3) is 0 Å². The zero-order valence-corrected chi connectivity index (χ0v) is 16.3. The van der Waals surface area contributed by atoms with Crippen LogP contribution < -0.4 is 4.74 Å². The summed E-state index contributed by atoms with van der Waals surface area (Å²) in [6.45, 7) is 6.18. The number of aryl methyl sites for hydroxylation is 2. The van der Waals surface area contributed by atoms with Crippen LogP contribution >= 0.6 is 0 Å². The molecule has 1 aliphatic heterocycles. The van der Waals surface area contributed by atoms with Crippen molar-refractivity contribution in [2.24, 2.45) is 0 Å². The maximum atomic E-state index is 12.7. The lowest BCUT2D eigenvalue weighted by atomic mass is 9.99. The first-order valence-electron chi connectivity index (χ1n) is 9.18. The van der Waals surface area contributed by atoms with E-state index in [4.69, 9.17) is 4.74 Å². The minimum absolute atomic E-state index is 0.00415. The zero-order valence-electron chi connectivity index (χ0n) is 15.5. The molecule has 2 heterocycles. The fourth-order valence-corrected chi connectivity index (χ4v) is 4.75. The van der Waals surface area contributed by atoms with Crippen molar-refractivity contribution in [3.8, 4) is 5.75 Å². The number of rotatable bonds is 7. The van der Waals surface area contributed by atoms with Crippen LogP contribution in [0.3, 0.4) is 0 Å². The van der Waals surface area contributed by atoms with E-state index < -0.39 is 10.0 Å². The maximum Gasteiger partial charge on any atom is 0.217 e. The summed E-state index contributed by atoms with van der Waals surface area (Å²) in [6, 6.07) is 7.64. The highest BCUT2D eigenvalue weighted by atomic mass is 32.2. The first kappa shape index (κ1) is 18.9. The molecule has 2 aromatic rings. The molecule has 0 N–H and O–H groups in total. The van der Waals surface area contributed by atoms with E-state index in [1.807, 2.05) is 37.4 Å². The fraction of sp³-hybridized carbons (Fsp3) is 0.526. The Balaban J connectivity index is 1.58. The molecule has 0 saturated carbocycles. The molecular formula is C19H27N3O3S. The van der Waals surface area contributed by atoms with Crippen molar-refractivity contribution < 1.29 is 13.2 Å². The monoisotopic (exact) mass is 377 g/mol. The Morgan fingerprint density at radius 1 is 1.27 bits per heavy atom. The molecular weight excluding hydrogens is 350 g/mol. The minimum Gasteiger partial charge on any atom is -0.492 e. The van der Waals surface area contributed by atoms with E-state index in [1.54, 1.807) is 10.5 Å². The molecule has 3 rings (SSSR count). The molecule has 7 heteroatoms. The van der Waals surface area contributed by atoms with Crippen LogP contribution in [0.2, 0.25) is 0 Å². The van der Waals surface area contributed by atoms with Gasteiger partial charge in [0.2, 0.25) is 10.0 Å². The average molecular weight is 378 g/mol. The predicted octanol–water partition coefficient (Wildman–Crippen LogP) is 2.80. The third-order valence-corrected chi connectivity index (χ3v) is 6.66. The second-order valence-corrected chi connectivity index (χ2v) is 8.83. The van der Waals surface area contributed by atoms with E-state index in [9.17, 15) is 8.42 Å². The van der Waals surface area contributed by atoms with E-state index in [-0.39, 0.29) is 18.3 Å². The number of piperidine rings is 1. The Kier molecular flexibility index (Phi) is 5.98. The summed E-state index contributed by atoms with van der Waals surface area (Å²) in [7, 11) is -3.33. The van der Waals surface area contributed by atoms with Crippen LogP contribution in [0.5, 0.6) is 5.75 Å². The van der Waals surface area contributed by atoms with Gasteiger partial charge in [-0.3, -0.25) is 0 Å². The molecule has 0 bridgehead atoms.